The van der Waals surface area contributed by atoms with Crippen LogP contribution in [0, 0.1) is 5.92 Å². The molecule has 0 unspecified atom stereocenters. The lowest BCUT2D eigenvalue weighted by Gasteiger charge is -2.44. The molecule has 0 aliphatic carbocycles. The largest absolute Gasteiger partial charge is 0.477 e. The highest BCUT2D eigenvalue weighted by Gasteiger charge is 2.56. The number of nitrogens with one attached hydrogen (secondary N) is 1. The minimum atomic E-state index is -1.11. The van der Waals surface area contributed by atoms with E-state index in [9.17, 15) is 24.6 Å². The monoisotopic (exact) mass is 355 g/mol. The van der Waals surface area contributed by atoms with Crippen LogP contribution in [0.15, 0.2) is 10.6 Å². The smallest absolute Gasteiger partial charge is 0.353 e. The molecule has 5 N–H and O–H groups in total. The summed E-state index contributed by atoms with van der Waals surface area (Å²) >= 11 is 1.45. The van der Waals surface area contributed by atoms with Gasteiger partial charge in [-0.25, -0.2) is 4.79 Å². The Morgan fingerprint density at radius 2 is 2.12 bits per heavy atom. The first-order valence-corrected chi connectivity index (χ1v) is 8.86. The molecule has 0 saturated carbocycles. The SMILES string of the molecule is C[C@@H](O)[C@H]1C(=O)N2C(C(=O)O)=C(S[C@H]3CC[C@@H](C(N)=O)NC3)C[C@H]12. The van der Waals surface area contributed by atoms with Crippen molar-refractivity contribution < 1.29 is 24.6 Å². The Balaban J connectivity index is 1.70. The van der Waals surface area contributed by atoms with E-state index in [0.29, 0.717) is 24.3 Å². The first-order chi connectivity index (χ1) is 11.3. The lowest BCUT2D eigenvalue weighted by atomic mass is 9.83. The molecule has 9 heteroatoms. The van der Waals surface area contributed by atoms with E-state index in [1.54, 1.807) is 6.92 Å². The predicted octanol–water partition coefficient (Wildman–Crippen LogP) is -0.767. The van der Waals surface area contributed by atoms with E-state index in [1.807, 2.05) is 0 Å². The van der Waals surface area contributed by atoms with Crippen LogP contribution in [-0.4, -0.2) is 62.9 Å². The third-order valence-corrected chi connectivity index (χ3v) is 6.29. The molecule has 2 amide bonds. The van der Waals surface area contributed by atoms with Crippen LogP contribution in [0.4, 0.5) is 0 Å². The number of nitrogens with zero attached hydrogens (tertiary/aromatic N) is 1. The fraction of sp³-hybridized carbons (Fsp3) is 0.667. The highest BCUT2D eigenvalue weighted by Crippen LogP contribution is 2.48. The van der Waals surface area contributed by atoms with Crippen molar-refractivity contribution in [3.05, 3.63) is 10.6 Å². The average molecular weight is 355 g/mol. The van der Waals surface area contributed by atoms with Crippen molar-refractivity contribution in [3.63, 3.8) is 0 Å². The van der Waals surface area contributed by atoms with Crippen LogP contribution in [0.25, 0.3) is 0 Å². The first kappa shape index (κ1) is 17.2. The number of amides is 2. The topological polar surface area (TPSA) is 133 Å². The van der Waals surface area contributed by atoms with Gasteiger partial charge in [-0.3, -0.25) is 9.59 Å². The van der Waals surface area contributed by atoms with Gasteiger partial charge >= 0.3 is 5.97 Å². The van der Waals surface area contributed by atoms with Gasteiger partial charge in [0.25, 0.3) is 0 Å². The molecule has 0 aromatic heterocycles. The zero-order valence-corrected chi connectivity index (χ0v) is 14.1. The molecule has 3 heterocycles. The summed E-state index contributed by atoms with van der Waals surface area (Å²) in [6.45, 7) is 2.12. The minimum Gasteiger partial charge on any atom is -0.477 e. The Hall–Kier alpha value is -1.58. The lowest BCUT2D eigenvalue weighted by Crippen LogP contribution is -2.61. The van der Waals surface area contributed by atoms with Gasteiger partial charge in [0.15, 0.2) is 0 Å². The van der Waals surface area contributed by atoms with Gasteiger partial charge < -0.3 is 26.2 Å². The van der Waals surface area contributed by atoms with Crippen molar-refractivity contribution in [1.82, 2.24) is 10.2 Å². The number of aliphatic carboxylic acids is 1. The maximum atomic E-state index is 12.2. The Bertz CT molecular complexity index is 612. The number of aliphatic hydroxyl groups excluding tert-OH is 1. The molecule has 132 valence electrons. The minimum absolute atomic E-state index is 0.0453. The van der Waals surface area contributed by atoms with Crippen molar-refractivity contribution in [1.29, 1.82) is 0 Å². The van der Waals surface area contributed by atoms with Gasteiger partial charge in [-0.15, -0.1) is 11.8 Å². The standard InChI is InChI=1S/C15H21N3O5S/c1-6(19)11-9-4-10(12(15(22)23)18(9)14(11)21)24-7-2-3-8(13(16)20)17-5-7/h6-9,11,17,19H,2-5H2,1H3,(H2,16,20)(H,22,23)/t6-,7+,8+,9-,11-/m1/s1. The van der Waals surface area contributed by atoms with Crippen LogP contribution in [-0.2, 0) is 14.4 Å². The fourth-order valence-electron chi connectivity index (χ4n) is 3.71. The summed E-state index contributed by atoms with van der Waals surface area (Å²) in [5.74, 6) is -2.34. The summed E-state index contributed by atoms with van der Waals surface area (Å²) in [6.07, 6.45) is 1.04. The van der Waals surface area contributed by atoms with Crippen molar-refractivity contribution in [2.24, 2.45) is 11.7 Å². The molecule has 3 aliphatic heterocycles. The van der Waals surface area contributed by atoms with Gasteiger partial charge in [-0.1, -0.05) is 0 Å². The Morgan fingerprint density at radius 1 is 1.42 bits per heavy atom. The molecule has 5 atom stereocenters. The Labute approximate surface area is 143 Å². The third-order valence-electron chi connectivity index (χ3n) is 4.91. The number of carbonyl (C=O) groups is 3. The predicted molar refractivity (Wildman–Crippen MR) is 86.7 cm³/mol. The fourth-order valence-corrected chi connectivity index (χ4v) is 5.11. The molecule has 2 fully saturated rings. The second-order valence-electron chi connectivity index (χ2n) is 6.50. The number of fused-ring (bicyclic) bond motifs is 1. The number of aliphatic hydroxyl groups is 1. The average Bonchev–Trinajstić information content (AvgIpc) is 2.81. The maximum Gasteiger partial charge on any atom is 0.353 e. The van der Waals surface area contributed by atoms with E-state index in [4.69, 9.17) is 5.73 Å². The number of thioether (sulfide) groups is 1. The number of carbonyl (C=O) groups excluding carboxylic acids is 2. The van der Waals surface area contributed by atoms with Crippen LogP contribution >= 0.6 is 11.8 Å². The first-order valence-electron chi connectivity index (χ1n) is 7.98. The highest BCUT2D eigenvalue weighted by atomic mass is 32.2. The Morgan fingerprint density at radius 3 is 2.62 bits per heavy atom. The van der Waals surface area contributed by atoms with Gasteiger partial charge in [0.1, 0.15) is 5.70 Å². The van der Waals surface area contributed by atoms with Crippen LogP contribution in [0.3, 0.4) is 0 Å². The molecular formula is C15H21N3O5S. The van der Waals surface area contributed by atoms with Crippen molar-refractivity contribution >= 4 is 29.5 Å². The van der Waals surface area contributed by atoms with Gasteiger partial charge in [0.05, 0.1) is 24.1 Å². The second kappa shape index (κ2) is 6.38. The van der Waals surface area contributed by atoms with Gasteiger partial charge in [0.2, 0.25) is 11.8 Å². The molecule has 24 heavy (non-hydrogen) atoms. The number of hydrogen-bond acceptors (Lipinski definition) is 6. The number of rotatable bonds is 5. The van der Waals surface area contributed by atoms with Crippen molar-refractivity contribution in [3.8, 4) is 0 Å². The van der Waals surface area contributed by atoms with Crippen LogP contribution in [0.2, 0.25) is 0 Å². The van der Waals surface area contributed by atoms with Crippen molar-refractivity contribution in [2.45, 2.75) is 49.6 Å². The van der Waals surface area contributed by atoms with E-state index < -0.39 is 18.0 Å². The quantitative estimate of drug-likeness (QED) is 0.476. The number of carboxylic acids is 1. The lowest BCUT2D eigenvalue weighted by molar-refractivity contribution is -0.161. The molecule has 0 spiro atoms. The molecule has 0 bridgehead atoms. The molecule has 8 nitrogen and oxygen atoms in total. The Kier molecular flexibility index (Phi) is 4.58. The van der Waals surface area contributed by atoms with E-state index >= 15 is 0 Å². The summed E-state index contributed by atoms with van der Waals surface area (Å²) in [5.41, 5.74) is 5.32. The summed E-state index contributed by atoms with van der Waals surface area (Å²) in [7, 11) is 0. The molecule has 3 rings (SSSR count). The molecule has 2 saturated heterocycles. The van der Waals surface area contributed by atoms with E-state index in [-0.39, 0.29) is 34.8 Å². The van der Waals surface area contributed by atoms with Gasteiger partial charge in [-0.05, 0) is 19.8 Å². The van der Waals surface area contributed by atoms with Crippen LogP contribution in [0.5, 0.6) is 0 Å². The summed E-state index contributed by atoms with van der Waals surface area (Å²) < 4.78 is 0. The van der Waals surface area contributed by atoms with Gasteiger partial charge in [-0.2, -0.15) is 0 Å². The maximum absolute atomic E-state index is 12.2. The molecular weight excluding hydrogens is 334 g/mol. The van der Waals surface area contributed by atoms with Crippen LogP contribution < -0.4 is 11.1 Å². The highest BCUT2D eigenvalue weighted by molar-refractivity contribution is 8.03. The zero-order chi connectivity index (χ0) is 17.6. The molecule has 0 aromatic rings. The van der Waals surface area contributed by atoms with Crippen LogP contribution in [0.1, 0.15) is 26.2 Å². The van der Waals surface area contributed by atoms with Gasteiger partial charge in [0, 0.05) is 23.1 Å². The van der Waals surface area contributed by atoms with E-state index in [1.165, 1.54) is 16.7 Å². The number of piperidine rings is 1. The number of nitrogens with two attached hydrogens (primary N) is 1. The number of hydrogen-bond donors (Lipinski definition) is 4. The molecule has 0 radical (unpaired) electrons. The second-order valence-corrected chi connectivity index (χ2v) is 7.90. The molecule has 3 aliphatic rings. The summed E-state index contributed by atoms with van der Waals surface area (Å²) in [5, 5.41) is 22.4. The number of β-lactam (4-membered cyclic amide) rings is 1. The zero-order valence-electron chi connectivity index (χ0n) is 13.3. The van der Waals surface area contributed by atoms with E-state index in [0.717, 1.165) is 6.42 Å². The normalized spacial score (nSPS) is 33.9. The van der Waals surface area contributed by atoms with E-state index in [2.05, 4.69) is 5.32 Å². The summed E-state index contributed by atoms with van der Waals surface area (Å²) in [4.78, 5) is 36.9. The summed E-state index contributed by atoms with van der Waals surface area (Å²) in [6, 6.07) is -0.597. The molecule has 0 aromatic carbocycles. The number of carboxylic acid groups (broad SMARTS) is 1. The van der Waals surface area contributed by atoms with Crippen molar-refractivity contribution in [2.75, 3.05) is 6.54 Å². The number of primary amides is 1. The third kappa shape index (κ3) is 2.80.